The van der Waals surface area contributed by atoms with E-state index in [1.54, 1.807) is 17.0 Å². The van der Waals surface area contributed by atoms with E-state index in [1.807, 2.05) is 47.8 Å². The molecule has 1 aromatic heterocycles. The van der Waals surface area contributed by atoms with Gasteiger partial charge in [-0.05, 0) is 66.8 Å². The fourth-order valence-electron chi connectivity index (χ4n) is 4.60. The second-order valence-corrected chi connectivity index (χ2v) is 9.92. The lowest BCUT2D eigenvalue weighted by Gasteiger charge is -2.36. The monoisotopic (exact) mass is 481 g/mol. The Kier molecular flexibility index (Phi) is 6.22. The lowest BCUT2D eigenvalue weighted by atomic mass is 9.93. The van der Waals surface area contributed by atoms with Crippen LogP contribution in [0.3, 0.4) is 0 Å². The Hall–Kier alpha value is -3.77. The molecule has 0 fully saturated rings. The van der Waals surface area contributed by atoms with Crippen molar-refractivity contribution in [2.24, 2.45) is 0 Å². The van der Waals surface area contributed by atoms with Crippen LogP contribution < -0.4 is 5.32 Å². The molecule has 5 nitrogen and oxygen atoms in total. The summed E-state index contributed by atoms with van der Waals surface area (Å²) in [4.78, 5) is 33.3. The maximum Gasteiger partial charge on any atom is 0.254 e. The summed E-state index contributed by atoms with van der Waals surface area (Å²) in [6.07, 6.45) is 0.467. The van der Waals surface area contributed by atoms with Crippen LogP contribution in [0, 0.1) is 20.8 Å². The molecule has 5 rings (SSSR count). The van der Waals surface area contributed by atoms with Gasteiger partial charge in [-0.3, -0.25) is 9.59 Å². The van der Waals surface area contributed by atoms with Crippen LogP contribution in [0.25, 0.3) is 11.3 Å². The summed E-state index contributed by atoms with van der Waals surface area (Å²) in [5.74, 6) is -0.368. The van der Waals surface area contributed by atoms with Gasteiger partial charge in [0.05, 0.1) is 5.69 Å². The maximum atomic E-state index is 13.5. The number of nitrogens with zero attached hydrogens (tertiary/aromatic N) is 2. The molecular weight excluding hydrogens is 454 g/mol. The Bertz CT molecular complexity index is 1410. The molecule has 1 atom stereocenters. The fraction of sp³-hybridized carbons (Fsp3) is 0.207. The molecule has 1 unspecified atom stereocenters. The molecule has 176 valence electrons. The van der Waals surface area contributed by atoms with Gasteiger partial charge in [0.25, 0.3) is 5.91 Å². The number of thiazole rings is 1. The van der Waals surface area contributed by atoms with E-state index in [0.717, 1.165) is 27.9 Å². The lowest BCUT2D eigenvalue weighted by molar-refractivity contribution is -0.121. The number of fused-ring (bicyclic) bond motifs is 1. The van der Waals surface area contributed by atoms with Gasteiger partial charge in [-0.2, -0.15) is 0 Å². The fourth-order valence-corrected chi connectivity index (χ4v) is 5.31. The SMILES string of the molecule is Cc1cc(C)c(-c2csc(NC(=O)C3Cc4ccccc4CN3C(=O)c3ccccc3)n2)cc1C. The van der Waals surface area contributed by atoms with Crippen molar-refractivity contribution in [3.05, 3.63) is 105 Å². The molecule has 2 amide bonds. The number of nitrogens with one attached hydrogen (secondary N) is 1. The van der Waals surface area contributed by atoms with Crippen LogP contribution in [-0.4, -0.2) is 27.7 Å². The summed E-state index contributed by atoms with van der Waals surface area (Å²) in [5.41, 5.74) is 8.26. The zero-order valence-electron chi connectivity index (χ0n) is 20.0. The van der Waals surface area contributed by atoms with Gasteiger partial charge in [0.15, 0.2) is 5.13 Å². The topological polar surface area (TPSA) is 62.3 Å². The van der Waals surface area contributed by atoms with E-state index >= 15 is 0 Å². The van der Waals surface area contributed by atoms with Crippen molar-refractivity contribution in [2.45, 2.75) is 39.8 Å². The Labute approximate surface area is 209 Å². The first kappa shape index (κ1) is 23.0. The highest BCUT2D eigenvalue weighted by atomic mass is 32.1. The van der Waals surface area contributed by atoms with Gasteiger partial charge in [-0.15, -0.1) is 11.3 Å². The number of hydrogen-bond donors (Lipinski definition) is 1. The second-order valence-electron chi connectivity index (χ2n) is 9.07. The van der Waals surface area contributed by atoms with Crippen molar-refractivity contribution in [1.82, 2.24) is 9.88 Å². The van der Waals surface area contributed by atoms with Gasteiger partial charge in [0, 0.05) is 29.5 Å². The lowest BCUT2D eigenvalue weighted by Crippen LogP contribution is -2.50. The molecule has 2 heterocycles. The van der Waals surface area contributed by atoms with E-state index in [9.17, 15) is 9.59 Å². The molecule has 3 aromatic carbocycles. The summed E-state index contributed by atoms with van der Waals surface area (Å²) in [6.45, 7) is 6.66. The van der Waals surface area contributed by atoms with Crippen LogP contribution in [0.1, 0.15) is 38.2 Å². The molecule has 0 saturated carbocycles. The zero-order valence-corrected chi connectivity index (χ0v) is 20.9. The van der Waals surface area contributed by atoms with E-state index in [2.05, 4.69) is 38.2 Å². The maximum absolute atomic E-state index is 13.5. The van der Waals surface area contributed by atoms with Gasteiger partial charge in [0.2, 0.25) is 5.91 Å². The number of anilines is 1. The van der Waals surface area contributed by atoms with Crippen LogP contribution in [-0.2, 0) is 17.8 Å². The van der Waals surface area contributed by atoms with Gasteiger partial charge < -0.3 is 10.2 Å². The van der Waals surface area contributed by atoms with Crippen molar-refractivity contribution in [3.8, 4) is 11.3 Å². The summed E-state index contributed by atoms with van der Waals surface area (Å²) in [5, 5.41) is 5.49. The first-order valence-corrected chi connectivity index (χ1v) is 12.6. The van der Waals surface area contributed by atoms with E-state index in [4.69, 9.17) is 4.98 Å². The van der Waals surface area contributed by atoms with Gasteiger partial charge in [0.1, 0.15) is 6.04 Å². The standard InChI is InChI=1S/C29H27N3O2S/c1-18-13-20(3)24(14-19(18)2)25-17-35-29(30-25)31-27(33)26-15-22-11-7-8-12-23(22)16-32(26)28(34)21-9-5-4-6-10-21/h4-14,17,26H,15-16H2,1-3H3,(H,30,31,33). The Morgan fingerprint density at radius 1 is 0.914 bits per heavy atom. The third-order valence-electron chi connectivity index (χ3n) is 6.68. The van der Waals surface area contributed by atoms with E-state index in [1.165, 1.54) is 22.5 Å². The smallest absolute Gasteiger partial charge is 0.254 e. The van der Waals surface area contributed by atoms with E-state index in [-0.39, 0.29) is 11.8 Å². The number of amides is 2. The quantitative estimate of drug-likeness (QED) is 0.392. The summed E-state index contributed by atoms with van der Waals surface area (Å²) in [7, 11) is 0. The summed E-state index contributed by atoms with van der Waals surface area (Å²) < 4.78 is 0. The predicted molar refractivity (Wildman–Crippen MR) is 141 cm³/mol. The number of carbonyl (C=O) groups is 2. The summed E-state index contributed by atoms with van der Waals surface area (Å²) >= 11 is 1.40. The van der Waals surface area contributed by atoms with Crippen molar-refractivity contribution in [2.75, 3.05) is 5.32 Å². The van der Waals surface area contributed by atoms with Crippen LogP contribution in [0.15, 0.2) is 72.1 Å². The molecule has 0 spiro atoms. The minimum atomic E-state index is -0.617. The second kappa shape index (κ2) is 9.47. The molecule has 1 aliphatic heterocycles. The Morgan fingerprint density at radius 3 is 2.37 bits per heavy atom. The molecule has 6 heteroatoms. The number of rotatable bonds is 4. The van der Waals surface area contributed by atoms with Crippen molar-refractivity contribution >= 4 is 28.3 Å². The van der Waals surface area contributed by atoms with E-state index in [0.29, 0.717) is 23.7 Å². The van der Waals surface area contributed by atoms with Crippen LogP contribution >= 0.6 is 11.3 Å². The number of aromatic nitrogens is 1. The molecular formula is C29H27N3O2S. The minimum Gasteiger partial charge on any atom is -0.322 e. The third kappa shape index (κ3) is 4.62. The molecule has 0 saturated heterocycles. The van der Waals surface area contributed by atoms with Gasteiger partial charge >= 0.3 is 0 Å². The first-order chi connectivity index (χ1) is 16.9. The third-order valence-corrected chi connectivity index (χ3v) is 7.44. The molecule has 0 aliphatic carbocycles. The Balaban J connectivity index is 1.41. The van der Waals surface area contributed by atoms with Crippen molar-refractivity contribution in [3.63, 3.8) is 0 Å². The van der Waals surface area contributed by atoms with Crippen LogP contribution in [0.5, 0.6) is 0 Å². The summed E-state index contributed by atoms with van der Waals surface area (Å²) in [6, 6.07) is 20.8. The van der Waals surface area contributed by atoms with Gasteiger partial charge in [-0.1, -0.05) is 48.5 Å². The van der Waals surface area contributed by atoms with Crippen LogP contribution in [0.4, 0.5) is 5.13 Å². The minimum absolute atomic E-state index is 0.147. The number of carbonyl (C=O) groups excluding carboxylic acids is 2. The van der Waals surface area contributed by atoms with Gasteiger partial charge in [-0.25, -0.2) is 4.98 Å². The average molecular weight is 482 g/mol. The highest BCUT2D eigenvalue weighted by Crippen LogP contribution is 2.31. The van der Waals surface area contributed by atoms with Crippen molar-refractivity contribution in [1.29, 1.82) is 0 Å². The predicted octanol–water partition coefficient (Wildman–Crippen LogP) is 5.94. The average Bonchev–Trinajstić information content (AvgIpc) is 3.33. The molecule has 4 aromatic rings. The van der Waals surface area contributed by atoms with Crippen molar-refractivity contribution < 1.29 is 9.59 Å². The number of hydrogen-bond acceptors (Lipinski definition) is 4. The molecule has 1 N–H and O–H groups in total. The van der Waals surface area contributed by atoms with Crippen LogP contribution in [0.2, 0.25) is 0 Å². The molecule has 1 aliphatic rings. The first-order valence-electron chi connectivity index (χ1n) is 11.7. The Morgan fingerprint density at radius 2 is 1.60 bits per heavy atom. The van der Waals surface area contributed by atoms with E-state index < -0.39 is 6.04 Å². The molecule has 0 radical (unpaired) electrons. The zero-order chi connectivity index (χ0) is 24.5. The highest BCUT2D eigenvalue weighted by Gasteiger charge is 2.35. The molecule has 0 bridgehead atoms. The number of benzene rings is 3. The largest absolute Gasteiger partial charge is 0.322 e. The normalized spacial score (nSPS) is 14.9. The number of aryl methyl sites for hydroxylation is 3. The highest BCUT2D eigenvalue weighted by molar-refractivity contribution is 7.14. The molecule has 35 heavy (non-hydrogen) atoms.